The van der Waals surface area contributed by atoms with E-state index in [1.165, 1.54) is 11.3 Å². The molecule has 3 aromatic rings. The zero-order valence-corrected chi connectivity index (χ0v) is 19.6. The fourth-order valence-corrected chi connectivity index (χ4v) is 5.34. The zero-order chi connectivity index (χ0) is 25.8. The quantitative estimate of drug-likeness (QED) is 0.514. The number of aromatic nitrogens is 5. The number of carbonyl (C=O) groups is 1. The van der Waals surface area contributed by atoms with Gasteiger partial charge in [-0.05, 0) is 19.4 Å². The van der Waals surface area contributed by atoms with Crippen LogP contribution in [0.5, 0.6) is 0 Å². The first-order valence-corrected chi connectivity index (χ1v) is 11.8. The minimum absolute atomic E-state index is 0.0259. The summed E-state index contributed by atoms with van der Waals surface area (Å²) >= 11 is 1.43. The van der Waals surface area contributed by atoms with Gasteiger partial charge in [0, 0.05) is 37.1 Å². The van der Waals surface area contributed by atoms with Crippen LogP contribution in [0.4, 0.5) is 38.1 Å². The van der Waals surface area contributed by atoms with Crippen molar-refractivity contribution in [2.75, 3.05) is 29.4 Å². The molecule has 16 heteroatoms. The van der Waals surface area contributed by atoms with Crippen molar-refractivity contribution >= 4 is 39.2 Å². The molecule has 0 bridgehead atoms. The van der Waals surface area contributed by atoms with Gasteiger partial charge in [-0.15, -0.1) is 21.5 Å². The van der Waals surface area contributed by atoms with Gasteiger partial charge in [-0.25, -0.2) is 4.98 Å². The number of hydrogen-bond acceptors (Lipinski definition) is 8. The molecule has 1 saturated heterocycles. The van der Waals surface area contributed by atoms with Gasteiger partial charge in [-0.2, -0.15) is 31.3 Å². The van der Waals surface area contributed by atoms with E-state index in [0.29, 0.717) is 29.6 Å². The van der Waals surface area contributed by atoms with E-state index in [4.69, 9.17) is 4.98 Å². The highest BCUT2D eigenvalue weighted by molar-refractivity contribution is 7.18. The smallest absolute Gasteiger partial charge is 0.351 e. The second-order valence-corrected chi connectivity index (χ2v) is 9.96. The van der Waals surface area contributed by atoms with Gasteiger partial charge in [0.15, 0.2) is 5.82 Å². The molecule has 5 rings (SSSR count). The molecular formula is C20H20F6N8OS. The maximum Gasteiger partial charge on any atom is 0.451 e. The molecule has 5 heterocycles. The fraction of sp³-hybridized carbons (Fsp3) is 0.550. The molecule has 0 saturated carbocycles. The number of anilines is 2. The van der Waals surface area contributed by atoms with Crippen LogP contribution in [0.2, 0.25) is 0 Å². The number of nitrogens with one attached hydrogen (secondary N) is 1. The summed E-state index contributed by atoms with van der Waals surface area (Å²) in [5.74, 6) is -1.08. The van der Waals surface area contributed by atoms with E-state index in [-0.39, 0.29) is 32.0 Å². The number of halogens is 6. The maximum absolute atomic E-state index is 13.2. The van der Waals surface area contributed by atoms with Gasteiger partial charge in [-0.1, -0.05) is 0 Å². The molecule has 2 aliphatic rings. The molecule has 2 aliphatic heterocycles. The van der Waals surface area contributed by atoms with E-state index >= 15 is 0 Å². The number of carbonyl (C=O) groups excluding carboxylic acids is 1. The molecular weight excluding hydrogens is 514 g/mol. The average molecular weight is 534 g/mol. The van der Waals surface area contributed by atoms with Crippen LogP contribution in [0.15, 0.2) is 6.07 Å². The van der Waals surface area contributed by atoms with Crippen LogP contribution in [0.1, 0.15) is 29.4 Å². The summed E-state index contributed by atoms with van der Waals surface area (Å²) in [6.07, 6.45) is -10.3. The van der Waals surface area contributed by atoms with Crippen LogP contribution in [-0.2, 0) is 24.1 Å². The van der Waals surface area contributed by atoms with Gasteiger partial charge in [0.05, 0.1) is 11.9 Å². The highest BCUT2D eigenvalue weighted by Crippen LogP contribution is 2.36. The van der Waals surface area contributed by atoms with Crippen molar-refractivity contribution in [3.8, 4) is 0 Å². The molecule has 0 aliphatic carbocycles. The van der Waals surface area contributed by atoms with Crippen molar-refractivity contribution < 1.29 is 31.1 Å². The molecule has 1 atom stereocenters. The number of aryl methyl sites for hydroxylation is 1. The Hall–Kier alpha value is -3.17. The third kappa shape index (κ3) is 4.90. The Balaban J connectivity index is 1.39. The number of alkyl halides is 6. The van der Waals surface area contributed by atoms with Crippen molar-refractivity contribution in [2.45, 2.75) is 51.2 Å². The number of hydrogen-bond donors (Lipinski definition) is 1. The fourth-order valence-electron chi connectivity index (χ4n) is 4.47. The van der Waals surface area contributed by atoms with Crippen molar-refractivity contribution in [3.05, 3.63) is 22.6 Å². The highest BCUT2D eigenvalue weighted by Gasteiger charge is 2.40. The van der Waals surface area contributed by atoms with E-state index in [0.717, 1.165) is 14.8 Å². The SMILES string of the molecule is Cc1cc2c(N3CCn4c(nnc4C(F)(F)F)C3)nc(N3CCC(NC(=O)CC(F)(F)F)C3)nc2s1. The third-order valence-electron chi connectivity index (χ3n) is 5.99. The molecule has 9 nitrogen and oxygen atoms in total. The summed E-state index contributed by atoms with van der Waals surface area (Å²) in [4.78, 5) is 26.3. The number of amides is 1. The number of nitrogens with zero attached hydrogens (tertiary/aromatic N) is 7. The lowest BCUT2D eigenvalue weighted by Gasteiger charge is -2.30. The maximum atomic E-state index is 13.2. The minimum atomic E-state index is -4.60. The Kier molecular flexibility index (Phi) is 5.95. The molecule has 1 unspecified atom stereocenters. The van der Waals surface area contributed by atoms with Gasteiger partial charge in [0.1, 0.15) is 17.1 Å². The largest absolute Gasteiger partial charge is 0.451 e. The minimum Gasteiger partial charge on any atom is -0.351 e. The molecule has 0 aromatic carbocycles. The molecule has 1 N–H and O–H groups in total. The lowest BCUT2D eigenvalue weighted by Crippen LogP contribution is -2.39. The zero-order valence-electron chi connectivity index (χ0n) is 18.8. The van der Waals surface area contributed by atoms with Gasteiger partial charge in [0.2, 0.25) is 17.7 Å². The predicted octanol–water partition coefficient (Wildman–Crippen LogP) is 3.28. The average Bonchev–Trinajstić information content (AvgIpc) is 3.47. The summed E-state index contributed by atoms with van der Waals surface area (Å²) in [5, 5.41) is 10.2. The van der Waals surface area contributed by atoms with Crippen LogP contribution in [0, 0.1) is 6.92 Å². The molecule has 1 amide bonds. The Bertz CT molecular complexity index is 1300. The first kappa shape index (κ1) is 24.5. The first-order valence-electron chi connectivity index (χ1n) is 11.0. The molecule has 0 spiro atoms. The summed E-state index contributed by atoms with van der Waals surface area (Å²) in [6.45, 7) is 2.90. The van der Waals surface area contributed by atoms with Gasteiger partial charge >= 0.3 is 12.4 Å². The molecule has 194 valence electrons. The van der Waals surface area contributed by atoms with Crippen molar-refractivity contribution in [1.29, 1.82) is 0 Å². The second-order valence-electron chi connectivity index (χ2n) is 8.72. The van der Waals surface area contributed by atoms with Gasteiger partial charge < -0.3 is 19.7 Å². The summed E-state index contributed by atoms with van der Waals surface area (Å²) < 4.78 is 78.2. The summed E-state index contributed by atoms with van der Waals surface area (Å²) in [5.41, 5.74) is 0. The normalized spacial score (nSPS) is 18.7. The van der Waals surface area contributed by atoms with E-state index < -0.39 is 36.5 Å². The van der Waals surface area contributed by atoms with Crippen molar-refractivity contribution in [3.63, 3.8) is 0 Å². The predicted molar refractivity (Wildman–Crippen MR) is 118 cm³/mol. The van der Waals surface area contributed by atoms with E-state index in [1.54, 1.807) is 4.90 Å². The van der Waals surface area contributed by atoms with Crippen LogP contribution in [0.25, 0.3) is 10.2 Å². The third-order valence-corrected chi connectivity index (χ3v) is 6.93. The van der Waals surface area contributed by atoms with Crippen LogP contribution < -0.4 is 15.1 Å². The van der Waals surface area contributed by atoms with E-state index in [9.17, 15) is 31.1 Å². The monoisotopic (exact) mass is 534 g/mol. The lowest BCUT2D eigenvalue weighted by atomic mass is 10.2. The Labute approximate surface area is 204 Å². The number of fused-ring (bicyclic) bond motifs is 2. The van der Waals surface area contributed by atoms with Gasteiger partial charge in [0.25, 0.3) is 0 Å². The molecule has 36 heavy (non-hydrogen) atoms. The Morgan fingerprint density at radius 2 is 1.89 bits per heavy atom. The highest BCUT2D eigenvalue weighted by atomic mass is 32.1. The number of thiophene rings is 1. The summed E-state index contributed by atoms with van der Waals surface area (Å²) in [7, 11) is 0. The first-order chi connectivity index (χ1) is 16.9. The van der Waals surface area contributed by atoms with Crippen LogP contribution in [0.3, 0.4) is 0 Å². The summed E-state index contributed by atoms with van der Waals surface area (Å²) in [6, 6.07) is 1.42. The van der Waals surface area contributed by atoms with Crippen LogP contribution >= 0.6 is 11.3 Å². The lowest BCUT2D eigenvalue weighted by molar-refractivity contribution is -0.154. The Morgan fingerprint density at radius 3 is 2.61 bits per heavy atom. The molecule has 0 radical (unpaired) electrons. The molecule has 1 fully saturated rings. The Morgan fingerprint density at radius 1 is 1.11 bits per heavy atom. The van der Waals surface area contributed by atoms with Crippen molar-refractivity contribution in [2.24, 2.45) is 0 Å². The van der Waals surface area contributed by atoms with Crippen LogP contribution in [-0.4, -0.2) is 62.5 Å². The molecule has 3 aromatic heterocycles. The van der Waals surface area contributed by atoms with E-state index in [2.05, 4.69) is 20.5 Å². The number of rotatable bonds is 4. The second kappa shape index (κ2) is 8.74. The van der Waals surface area contributed by atoms with E-state index in [1.807, 2.05) is 17.9 Å². The van der Waals surface area contributed by atoms with Gasteiger partial charge in [-0.3, -0.25) is 4.79 Å². The van der Waals surface area contributed by atoms with Crippen molar-refractivity contribution in [1.82, 2.24) is 30.0 Å². The standard InChI is InChI=1S/C20H20F6N8OS/c1-10-6-12-15(32-4-5-34-13(9-32)30-31-17(34)20(24,25)26)28-18(29-16(12)36-10)33-3-2-11(8-33)27-14(35)7-19(21,22)23/h6,11H,2-5,7-9H2,1H3,(H,27,35). The topological polar surface area (TPSA) is 92.1 Å².